The van der Waals surface area contributed by atoms with Crippen LogP contribution in [0.3, 0.4) is 0 Å². The van der Waals surface area contributed by atoms with Crippen LogP contribution in [0.5, 0.6) is 0 Å². The molecule has 0 atom stereocenters. The van der Waals surface area contributed by atoms with E-state index in [1.807, 2.05) is 0 Å². The Bertz CT molecular complexity index is 35.9. The van der Waals surface area contributed by atoms with E-state index in [4.69, 9.17) is 15.3 Å². The Morgan fingerprint density at radius 2 is 1.71 bits per heavy atom. The van der Waals surface area contributed by atoms with Crippen molar-refractivity contribution in [3.63, 3.8) is 0 Å². The number of hydrogen-bond acceptors (Lipinski definition) is 3. The maximum atomic E-state index is 8.36. The van der Waals surface area contributed by atoms with Gasteiger partial charge >= 0.3 is 37.7 Å². The molecular formula is H8CaN2O3Si. The van der Waals surface area contributed by atoms with E-state index in [9.17, 15) is 0 Å². The molecule has 7 heteroatoms. The maximum absolute atomic E-state index is 8.36. The average Bonchev–Trinajstić information content (AvgIpc) is 1.41. The van der Waals surface area contributed by atoms with Crippen LogP contribution in [0.4, 0.5) is 0 Å². The molecule has 0 unspecified atom stereocenters. The van der Waals surface area contributed by atoms with Gasteiger partial charge in [-0.1, -0.05) is 0 Å². The zero-order chi connectivity index (χ0) is 5.58. The molecule has 0 amide bonds. The van der Waals surface area contributed by atoms with Crippen LogP contribution in [0.25, 0.3) is 0 Å². The quantitative estimate of drug-likeness (QED) is 0.219. The summed E-state index contributed by atoms with van der Waals surface area (Å²) in [6, 6.07) is 0. The summed E-state index contributed by atoms with van der Waals surface area (Å²) in [6.07, 6.45) is 0. The fraction of sp³-hybridized carbons (Fsp3) is 0. The first-order valence-electron chi connectivity index (χ1n) is 1.14. The van der Waals surface area contributed by atoms with Crippen molar-refractivity contribution in [2.75, 3.05) is 0 Å². The summed E-state index contributed by atoms with van der Waals surface area (Å²) in [5.74, 6) is 0. The Kier molecular flexibility index (Phi) is 35.6. The van der Waals surface area contributed by atoms with Crippen molar-refractivity contribution in [3.05, 3.63) is 10.1 Å². The standard InChI is InChI=1S/Ca.HNO3.H5NSi.2H/c;2-1(3)4;1-2;;/h;(H,2,3,4);1H2,2H3;;. The van der Waals surface area contributed by atoms with Crippen molar-refractivity contribution in [3.8, 4) is 0 Å². The molecule has 0 aliphatic heterocycles. The van der Waals surface area contributed by atoms with Gasteiger partial charge in [-0.25, -0.2) is 0 Å². The summed E-state index contributed by atoms with van der Waals surface area (Å²) < 4.78 is 0. The van der Waals surface area contributed by atoms with Crippen LogP contribution in [0.1, 0.15) is 0 Å². The fourth-order valence-electron chi connectivity index (χ4n) is 0. The van der Waals surface area contributed by atoms with Crippen molar-refractivity contribution >= 4 is 48.1 Å². The normalized spacial score (nSPS) is 4.71. The summed E-state index contributed by atoms with van der Waals surface area (Å²) in [4.78, 5) is 8.36. The van der Waals surface area contributed by atoms with Crippen LogP contribution in [0.15, 0.2) is 0 Å². The molecule has 0 aromatic carbocycles. The van der Waals surface area contributed by atoms with Crippen LogP contribution in [0, 0.1) is 10.1 Å². The first kappa shape index (κ1) is 15.6. The molecule has 3 N–H and O–H groups in total. The Labute approximate surface area is 73.5 Å². The van der Waals surface area contributed by atoms with Gasteiger partial charge in [0.15, 0.2) is 0 Å². The van der Waals surface area contributed by atoms with Crippen LogP contribution < -0.4 is 5.40 Å². The average molecular weight is 152 g/mol. The second kappa shape index (κ2) is 15.9. The molecule has 0 saturated heterocycles. The Hall–Kier alpha value is 0.637. The van der Waals surface area contributed by atoms with Gasteiger partial charge in [-0.3, -0.25) is 0 Å². The predicted molar refractivity (Wildman–Crippen MR) is 31.5 cm³/mol. The van der Waals surface area contributed by atoms with Crippen molar-refractivity contribution in [2.45, 2.75) is 0 Å². The van der Waals surface area contributed by atoms with Gasteiger partial charge in [-0.2, -0.15) is 0 Å². The molecule has 0 aliphatic rings. The van der Waals surface area contributed by atoms with E-state index in [-0.39, 0.29) is 37.7 Å². The third kappa shape index (κ3) is 352. The Balaban J connectivity index is -0.0000000480. The van der Waals surface area contributed by atoms with Crippen LogP contribution in [-0.2, 0) is 0 Å². The molecule has 0 bridgehead atoms. The van der Waals surface area contributed by atoms with Gasteiger partial charge < -0.3 is 10.6 Å². The third-order valence-electron chi connectivity index (χ3n) is 0. The summed E-state index contributed by atoms with van der Waals surface area (Å²) in [5.41, 5.74) is 0. The molecule has 0 aromatic rings. The van der Waals surface area contributed by atoms with Gasteiger partial charge in [0.1, 0.15) is 0 Å². The number of rotatable bonds is 0. The molecule has 7 heavy (non-hydrogen) atoms. The van der Waals surface area contributed by atoms with Gasteiger partial charge in [0.05, 0.1) is 10.4 Å². The Morgan fingerprint density at radius 1 is 1.71 bits per heavy atom. The van der Waals surface area contributed by atoms with E-state index in [1.165, 1.54) is 0 Å². The topological polar surface area (TPSA) is 89.4 Å². The van der Waals surface area contributed by atoms with Crippen LogP contribution in [-0.4, -0.2) is 58.4 Å². The molecule has 0 rings (SSSR count). The SMILES string of the molecule is N[SiH3].O=[N+]([O-])O.[CaH2]. The summed E-state index contributed by atoms with van der Waals surface area (Å²) in [5, 5.41) is 18.3. The molecule has 5 nitrogen and oxygen atoms in total. The van der Waals surface area contributed by atoms with E-state index >= 15 is 0 Å². The van der Waals surface area contributed by atoms with Crippen molar-refractivity contribution < 1.29 is 10.3 Å². The third-order valence-corrected chi connectivity index (χ3v) is 0. The Morgan fingerprint density at radius 3 is 1.71 bits per heavy atom. The predicted octanol–water partition coefficient (Wildman–Crippen LogP) is -3.04. The molecule has 42 valence electrons. The van der Waals surface area contributed by atoms with Crippen molar-refractivity contribution in [2.24, 2.45) is 5.40 Å². The van der Waals surface area contributed by atoms with Crippen LogP contribution >= 0.6 is 0 Å². The summed E-state index contributed by atoms with van der Waals surface area (Å²) in [7, 11) is 0.806. The van der Waals surface area contributed by atoms with Gasteiger partial charge in [0, 0.05) is 0 Å². The van der Waals surface area contributed by atoms with Gasteiger partial charge in [-0.05, 0) is 0 Å². The second-order valence-electron chi connectivity index (χ2n) is 0.238. The molecule has 0 saturated carbocycles. The van der Waals surface area contributed by atoms with Gasteiger partial charge in [0.25, 0.3) is 5.09 Å². The second-order valence-corrected chi connectivity index (χ2v) is 0.238. The number of nitrogens with zero attached hydrogens (tertiary/aromatic N) is 1. The van der Waals surface area contributed by atoms with E-state index in [0.29, 0.717) is 0 Å². The minimum absolute atomic E-state index is 0. The molecule has 0 radical (unpaired) electrons. The molecule has 0 heterocycles. The summed E-state index contributed by atoms with van der Waals surface area (Å²) in [6.45, 7) is 0. The zero-order valence-corrected chi connectivity index (χ0v) is 5.29. The first-order chi connectivity index (χ1) is 2.73. The van der Waals surface area contributed by atoms with E-state index in [1.54, 1.807) is 0 Å². The number of nitrogens with two attached hydrogens (primary N) is 1. The van der Waals surface area contributed by atoms with Crippen molar-refractivity contribution in [1.82, 2.24) is 0 Å². The zero-order valence-electron chi connectivity index (χ0n) is 3.29. The van der Waals surface area contributed by atoms with E-state index < -0.39 is 5.09 Å². The number of hydrogen-bond donors (Lipinski definition) is 2. The first-order valence-corrected chi connectivity index (χ1v) is 2.30. The fourth-order valence-corrected chi connectivity index (χ4v) is 0. The molecular weight excluding hydrogens is 144 g/mol. The molecule has 0 spiro atoms. The van der Waals surface area contributed by atoms with Gasteiger partial charge in [0.2, 0.25) is 0 Å². The van der Waals surface area contributed by atoms with E-state index in [0.717, 1.165) is 10.4 Å². The van der Waals surface area contributed by atoms with Gasteiger partial charge in [-0.15, -0.1) is 10.1 Å². The molecule has 0 aromatic heterocycles. The van der Waals surface area contributed by atoms with Crippen molar-refractivity contribution in [1.29, 1.82) is 0 Å². The molecule has 0 aliphatic carbocycles. The van der Waals surface area contributed by atoms with E-state index in [2.05, 4.69) is 5.40 Å². The van der Waals surface area contributed by atoms with Crippen LogP contribution in [0.2, 0.25) is 0 Å². The summed E-state index contributed by atoms with van der Waals surface area (Å²) >= 11 is 0. The monoisotopic (exact) mass is 152 g/mol. The molecule has 0 fully saturated rings. The minimum atomic E-state index is -1.50.